The summed E-state index contributed by atoms with van der Waals surface area (Å²) in [5, 5.41) is 10.2. The van der Waals surface area contributed by atoms with Crippen LogP contribution in [0.4, 0.5) is 5.69 Å². The molecule has 6 heteroatoms. The third kappa shape index (κ3) is 5.20. The van der Waals surface area contributed by atoms with E-state index in [-0.39, 0.29) is 11.2 Å². The summed E-state index contributed by atoms with van der Waals surface area (Å²) in [5.74, 6) is -0.316. The number of nitrogens with zero attached hydrogens (tertiary/aromatic N) is 1. The van der Waals surface area contributed by atoms with E-state index in [0.717, 1.165) is 5.56 Å². The number of Topliss-reactive ketones (excluding diaryl/α,β-unsaturated/α-hetero) is 1. The monoisotopic (exact) mass is 375 g/mol. The lowest BCUT2D eigenvalue weighted by atomic mass is 9.86. The highest BCUT2D eigenvalue weighted by Crippen LogP contribution is 2.23. The first-order valence-corrected chi connectivity index (χ1v) is 8.48. The lowest BCUT2D eigenvalue weighted by Gasteiger charge is -2.19. The van der Waals surface area contributed by atoms with Gasteiger partial charge in [-0.15, -0.1) is 0 Å². The lowest BCUT2D eigenvalue weighted by Crippen LogP contribution is -2.39. The van der Waals surface area contributed by atoms with E-state index in [0.29, 0.717) is 21.3 Å². The van der Waals surface area contributed by atoms with E-state index in [4.69, 9.17) is 23.2 Å². The topological polar surface area (TPSA) is 64.9 Å². The maximum Gasteiger partial charge on any atom is 0.195 e. The molecule has 2 N–H and O–H groups in total. The molecule has 2 aromatic carbocycles. The summed E-state index contributed by atoms with van der Waals surface area (Å²) >= 11 is 11.9. The molecule has 0 saturated carbocycles. The fourth-order valence-electron chi connectivity index (χ4n) is 2.24. The Bertz CT molecular complexity index is 785. The van der Waals surface area contributed by atoms with E-state index >= 15 is 0 Å². The number of rotatable bonds is 5. The maximum atomic E-state index is 12.5. The number of carbonyl (C=O) groups excluding carboxylic acids is 1. The average molecular weight is 376 g/mol. The van der Waals surface area contributed by atoms with Crippen molar-refractivity contribution in [2.24, 2.45) is 0 Å². The number of nitrogens with one attached hydrogen (secondary N) is 2. The van der Waals surface area contributed by atoms with Crippen LogP contribution in [-0.4, -0.2) is 11.8 Å². The van der Waals surface area contributed by atoms with Crippen molar-refractivity contribution in [1.82, 2.24) is 5.43 Å². The van der Waals surface area contributed by atoms with E-state index in [1.807, 2.05) is 18.2 Å². The summed E-state index contributed by atoms with van der Waals surface area (Å²) in [6.07, 6.45) is 0. The maximum absolute atomic E-state index is 12.5. The number of hydrogen-bond donors (Lipinski definition) is 2. The van der Waals surface area contributed by atoms with Crippen LogP contribution in [0.15, 0.2) is 42.5 Å². The number of halogens is 2. The zero-order valence-corrected chi connectivity index (χ0v) is 15.7. The van der Waals surface area contributed by atoms with Crippen LogP contribution in [0.1, 0.15) is 36.7 Å². The predicted octanol–water partition coefficient (Wildman–Crippen LogP) is 4.98. The van der Waals surface area contributed by atoms with Gasteiger partial charge < -0.3 is 5.43 Å². The molecule has 0 aliphatic heterocycles. The van der Waals surface area contributed by atoms with Crippen molar-refractivity contribution in [1.29, 1.82) is 5.26 Å². The van der Waals surface area contributed by atoms with Crippen molar-refractivity contribution in [3.05, 3.63) is 63.6 Å². The number of anilines is 1. The normalized spacial score (nSPS) is 12.3. The molecular weight excluding hydrogens is 357 g/mol. The number of hydrazine groups is 1. The van der Waals surface area contributed by atoms with E-state index in [9.17, 15) is 10.1 Å². The van der Waals surface area contributed by atoms with Gasteiger partial charge in [-0.25, -0.2) is 5.43 Å². The van der Waals surface area contributed by atoms with Crippen molar-refractivity contribution < 1.29 is 4.79 Å². The summed E-state index contributed by atoms with van der Waals surface area (Å²) in [7, 11) is 0. The minimum absolute atomic E-state index is 0.00184. The van der Waals surface area contributed by atoms with Crippen LogP contribution in [0.2, 0.25) is 10.0 Å². The molecule has 0 radical (unpaired) electrons. The Morgan fingerprint density at radius 1 is 1.08 bits per heavy atom. The first-order valence-electron chi connectivity index (χ1n) is 7.73. The molecule has 130 valence electrons. The van der Waals surface area contributed by atoms with Gasteiger partial charge in [0, 0.05) is 15.6 Å². The summed E-state index contributed by atoms with van der Waals surface area (Å²) in [5.41, 5.74) is 7.66. The molecule has 1 atom stereocenters. The largest absolute Gasteiger partial charge is 0.320 e. The number of ketones is 1. The fraction of sp³-hybridized carbons (Fsp3) is 0.263. The van der Waals surface area contributed by atoms with Crippen LogP contribution >= 0.6 is 23.2 Å². The smallest absolute Gasteiger partial charge is 0.195 e. The van der Waals surface area contributed by atoms with Crippen molar-refractivity contribution >= 4 is 34.7 Å². The van der Waals surface area contributed by atoms with Crippen molar-refractivity contribution in [2.75, 3.05) is 5.43 Å². The standard InChI is InChI=1S/C19H19Cl2N3O/c1-19(2,3)13-6-4-12(5-7-13)18(25)17(11-22)24-23-16-9-14(20)8-15(21)10-16/h4-10,17,23-24H,1-3H3. The highest BCUT2D eigenvalue weighted by Gasteiger charge is 2.20. The van der Waals surface area contributed by atoms with Gasteiger partial charge in [0.2, 0.25) is 0 Å². The zero-order chi connectivity index (χ0) is 18.6. The lowest BCUT2D eigenvalue weighted by molar-refractivity contribution is 0.0969. The second-order valence-corrected chi connectivity index (χ2v) is 7.55. The molecule has 0 fully saturated rings. The fourth-order valence-corrected chi connectivity index (χ4v) is 2.77. The van der Waals surface area contributed by atoms with E-state index < -0.39 is 6.04 Å². The Hall–Kier alpha value is -2.06. The Balaban J connectivity index is 2.09. The predicted molar refractivity (Wildman–Crippen MR) is 102 cm³/mol. The van der Waals surface area contributed by atoms with Crippen molar-refractivity contribution in [3.8, 4) is 6.07 Å². The number of hydrogen-bond acceptors (Lipinski definition) is 4. The van der Waals surface area contributed by atoms with E-state index in [2.05, 4.69) is 31.6 Å². The number of benzene rings is 2. The van der Waals surface area contributed by atoms with Gasteiger partial charge in [0.05, 0.1) is 11.8 Å². The highest BCUT2D eigenvalue weighted by atomic mass is 35.5. The van der Waals surface area contributed by atoms with Gasteiger partial charge in [0.25, 0.3) is 0 Å². The molecule has 0 spiro atoms. The van der Waals surface area contributed by atoms with Crippen LogP contribution in [0.25, 0.3) is 0 Å². The van der Waals surface area contributed by atoms with Gasteiger partial charge >= 0.3 is 0 Å². The van der Waals surface area contributed by atoms with Crippen LogP contribution in [0.3, 0.4) is 0 Å². The molecule has 25 heavy (non-hydrogen) atoms. The van der Waals surface area contributed by atoms with Crippen LogP contribution in [0, 0.1) is 11.3 Å². The first kappa shape index (κ1) is 19.3. The molecule has 4 nitrogen and oxygen atoms in total. The SMILES string of the molecule is CC(C)(C)c1ccc(C(=O)C(C#N)NNc2cc(Cl)cc(Cl)c2)cc1. The molecule has 0 aliphatic carbocycles. The molecule has 0 saturated heterocycles. The summed E-state index contributed by atoms with van der Waals surface area (Å²) in [6.45, 7) is 6.30. The van der Waals surface area contributed by atoms with E-state index in [1.165, 1.54) is 0 Å². The highest BCUT2D eigenvalue weighted by molar-refractivity contribution is 6.35. The van der Waals surface area contributed by atoms with Crippen molar-refractivity contribution in [3.63, 3.8) is 0 Å². The van der Waals surface area contributed by atoms with Gasteiger partial charge in [-0.3, -0.25) is 4.79 Å². The Kier molecular flexibility index (Phi) is 6.07. The van der Waals surface area contributed by atoms with Crippen molar-refractivity contribution in [2.45, 2.75) is 32.2 Å². The molecule has 0 bridgehead atoms. The summed E-state index contributed by atoms with van der Waals surface area (Å²) in [6, 6.07) is 13.1. The summed E-state index contributed by atoms with van der Waals surface area (Å²) in [4.78, 5) is 12.5. The number of carbonyl (C=O) groups is 1. The molecular formula is C19H19Cl2N3O. The van der Waals surface area contributed by atoms with Gasteiger partial charge in [-0.05, 0) is 29.2 Å². The van der Waals surface area contributed by atoms with Crippen LogP contribution < -0.4 is 10.9 Å². The van der Waals surface area contributed by atoms with Gasteiger partial charge in [-0.1, -0.05) is 68.2 Å². The Morgan fingerprint density at radius 2 is 1.64 bits per heavy atom. The van der Waals surface area contributed by atoms with Gasteiger partial charge in [0.1, 0.15) is 0 Å². The van der Waals surface area contributed by atoms with E-state index in [1.54, 1.807) is 30.3 Å². The summed E-state index contributed by atoms with van der Waals surface area (Å²) < 4.78 is 0. The first-order chi connectivity index (χ1) is 11.7. The molecule has 0 amide bonds. The van der Waals surface area contributed by atoms with Crippen LogP contribution in [-0.2, 0) is 5.41 Å². The second kappa shape index (κ2) is 7.88. The Labute approximate surface area is 157 Å². The quantitative estimate of drug-likeness (QED) is 0.571. The van der Waals surface area contributed by atoms with Gasteiger partial charge in [0.15, 0.2) is 11.8 Å². The van der Waals surface area contributed by atoms with Crippen LogP contribution in [0.5, 0.6) is 0 Å². The molecule has 0 aliphatic rings. The second-order valence-electron chi connectivity index (χ2n) is 6.68. The molecule has 2 aromatic rings. The third-order valence-electron chi connectivity index (χ3n) is 3.65. The minimum atomic E-state index is -1.04. The minimum Gasteiger partial charge on any atom is -0.320 e. The van der Waals surface area contributed by atoms with Gasteiger partial charge in [-0.2, -0.15) is 5.26 Å². The number of nitriles is 1. The molecule has 0 aromatic heterocycles. The molecule has 1 unspecified atom stereocenters. The third-order valence-corrected chi connectivity index (χ3v) is 4.09. The molecule has 2 rings (SSSR count). The zero-order valence-electron chi connectivity index (χ0n) is 14.2. The average Bonchev–Trinajstić information content (AvgIpc) is 2.53. The Morgan fingerprint density at radius 3 is 2.12 bits per heavy atom. The molecule has 0 heterocycles.